The van der Waals surface area contributed by atoms with Gasteiger partial charge in [0.25, 0.3) is 0 Å². The molecule has 17 heavy (non-hydrogen) atoms. The fourth-order valence-corrected chi connectivity index (χ4v) is 3.91. The van der Waals surface area contributed by atoms with Gasteiger partial charge < -0.3 is 0 Å². The third kappa shape index (κ3) is 2.37. The molecule has 0 amide bonds. The molecule has 3 atom stereocenters. The van der Waals surface area contributed by atoms with Gasteiger partial charge in [0, 0.05) is 4.88 Å². The van der Waals surface area contributed by atoms with Crippen molar-refractivity contribution >= 4 is 34.5 Å². The zero-order valence-electron chi connectivity index (χ0n) is 9.14. The normalized spacial score (nSPS) is 24.6. The molecule has 2 aromatic rings. The first-order valence-corrected chi connectivity index (χ1v) is 7.33. The second kappa shape index (κ2) is 4.64. The third-order valence-electron chi connectivity index (χ3n) is 3.31. The van der Waals surface area contributed by atoms with E-state index in [0.29, 0.717) is 11.8 Å². The van der Waals surface area contributed by atoms with E-state index in [2.05, 4.69) is 30.3 Å². The summed E-state index contributed by atoms with van der Waals surface area (Å²) in [7, 11) is 0. The molecule has 3 unspecified atom stereocenters. The van der Waals surface area contributed by atoms with Gasteiger partial charge in [0.15, 0.2) is 0 Å². The maximum atomic E-state index is 6.51. The number of benzene rings is 1. The Balaban J connectivity index is 1.73. The SMILES string of the molecule is Clc1ccc(C(Cl)C2CC2c2ccccc2)s1. The lowest BCUT2D eigenvalue weighted by Gasteiger charge is -2.06. The summed E-state index contributed by atoms with van der Waals surface area (Å²) in [6, 6.07) is 14.6. The molecule has 0 spiro atoms. The standard InChI is InChI=1S/C14H12Cl2S/c15-13-7-6-12(17-13)14(16)11-8-10(11)9-4-2-1-3-5-9/h1-7,10-11,14H,8H2. The average molecular weight is 283 g/mol. The Morgan fingerprint density at radius 1 is 1.12 bits per heavy atom. The minimum absolute atomic E-state index is 0.109. The molecule has 0 nitrogen and oxygen atoms in total. The number of halogens is 2. The highest BCUT2D eigenvalue weighted by Gasteiger charge is 2.44. The van der Waals surface area contributed by atoms with Gasteiger partial charge in [-0.1, -0.05) is 41.9 Å². The molecule has 1 aliphatic rings. The Labute approximate surface area is 115 Å². The van der Waals surface area contributed by atoms with E-state index < -0.39 is 0 Å². The number of thiophene rings is 1. The van der Waals surface area contributed by atoms with Crippen molar-refractivity contribution in [3.05, 3.63) is 57.2 Å². The molecule has 0 bridgehead atoms. The van der Waals surface area contributed by atoms with Gasteiger partial charge in [0.05, 0.1) is 9.71 Å². The van der Waals surface area contributed by atoms with Crippen molar-refractivity contribution in [3.63, 3.8) is 0 Å². The van der Waals surface area contributed by atoms with E-state index >= 15 is 0 Å². The van der Waals surface area contributed by atoms with Crippen LogP contribution in [0.3, 0.4) is 0 Å². The Hall–Kier alpha value is -0.500. The minimum Gasteiger partial charge on any atom is -0.127 e. The molecule has 0 saturated heterocycles. The molecule has 0 radical (unpaired) electrons. The maximum Gasteiger partial charge on any atom is 0.0931 e. The number of rotatable bonds is 3. The predicted molar refractivity (Wildman–Crippen MR) is 75.2 cm³/mol. The molecule has 1 aliphatic carbocycles. The van der Waals surface area contributed by atoms with Crippen LogP contribution in [0, 0.1) is 5.92 Å². The monoisotopic (exact) mass is 282 g/mol. The molecule has 88 valence electrons. The molecule has 1 aromatic heterocycles. The summed E-state index contributed by atoms with van der Waals surface area (Å²) < 4.78 is 0.822. The van der Waals surface area contributed by atoms with Crippen molar-refractivity contribution in [1.29, 1.82) is 0 Å². The molecule has 0 N–H and O–H groups in total. The van der Waals surface area contributed by atoms with E-state index in [0.717, 1.165) is 4.34 Å². The summed E-state index contributed by atoms with van der Waals surface area (Å²) in [5, 5.41) is 0.109. The first kappa shape index (κ1) is 11.6. The van der Waals surface area contributed by atoms with Gasteiger partial charge in [-0.25, -0.2) is 0 Å². The van der Waals surface area contributed by atoms with Crippen molar-refractivity contribution in [2.24, 2.45) is 5.92 Å². The molecule has 3 rings (SSSR count). The molecule has 1 saturated carbocycles. The van der Waals surface area contributed by atoms with Crippen LogP contribution in [-0.2, 0) is 0 Å². The Morgan fingerprint density at radius 3 is 2.53 bits per heavy atom. The van der Waals surface area contributed by atoms with Crippen molar-refractivity contribution in [1.82, 2.24) is 0 Å². The zero-order chi connectivity index (χ0) is 11.8. The lowest BCUT2D eigenvalue weighted by atomic mass is 10.1. The van der Waals surface area contributed by atoms with Crippen molar-refractivity contribution in [3.8, 4) is 0 Å². The predicted octanol–water partition coefficient (Wildman–Crippen LogP) is 5.49. The topological polar surface area (TPSA) is 0 Å². The summed E-state index contributed by atoms with van der Waals surface area (Å²) in [5.41, 5.74) is 1.41. The minimum atomic E-state index is 0.109. The van der Waals surface area contributed by atoms with Crippen LogP contribution in [0.5, 0.6) is 0 Å². The Kier molecular flexibility index (Phi) is 3.16. The van der Waals surface area contributed by atoms with Gasteiger partial charge in [0.1, 0.15) is 0 Å². The van der Waals surface area contributed by atoms with E-state index in [1.54, 1.807) is 11.3 Å². The van der Waals surface area contributed by atoms with E-state index in [-0.39, 0.29) is 5.38 Å². The van der Waals surface area contributed by atoms with Crippen LogP contribution in [-0.4, -0.2) is 0 Å². The van der Waals surface area contributed by atoms with E-state index in [1.807, 2.05) is 12.1 Å². The van der Waals surface area contributed by atoms with Gasteiger partial charge in [-0.2, -0.15) is 0 Å². The van der Waals surface area contributed by atoms with Crippen molar-refractivity contribution in [2.45, 2.75) is 17.7 Å². The van der Waals surface area contributed by atoms with Crippen LogP contribution >= 0.6 is 34.5 Å². The molecule has 1 aromatic carbocycles. The van der Waals surface area contributed by atoms with Gasteiger partial charge in [-0.15, -0.1) is 22.9 Å². The van der Waals surface area contributed by atoms with Crippen molar-refractivity contribution in [2.75, 3.05) is 0 Å². The van der Waals surface area contributed by atoms with Gasteiger partial charge in [0.2, 0.25) is 0 Å². The fraction of sp³-hybridized carbons (Fsp3) is 0.286. The highest BCUT2D eigenvalue weighted by atomic mass is 35.5. The molecule has 3 heteroatoms. The van der Waals surface area contributed by atoms with Crippen LogP contribution < -0.4 is 0 Å². The third-order valence-corrected chi connectivity index (χ3v) is 5.31. The molecule has 1 fully saturated rings. The molecular weight excluding hydrogens is 271 g/mol. The fourth-order valence-electron chi connectivity index (χ4n) is 2.31. The number of hydrogen-bond donors (Lipinski definition) is 0. The largest absolute Gasteiger partial charge is 0.127 e. The molecule has 1 heterocycles. The first-order valence-electron chi connectivity index (χ1n) is 5.70. The average Bonchev–Trinajstić information content (AvgIpc) is 3.05. The smallest absolute Gasteiger partial charge is 0.0931 e. The van der Waals surface area contributed by atoms with Gasteiger partial charge >= 0.3 is 0 Å². The summed E-state index contributed by atoms with van der Waals surface area (Å²) >= 11 is 14.1. The summed E-state index contributed by atoms with van der Waals surface area (Å²) in [6.07, 6.45) is 1.19. The first-order chi connectivity index (χ1) is 8.25. The van der Waals surface area contributed by atoms with Crippen LogP contribution in [0.2, 0.25) is 4.34 Å². The van der Waals surface area contributed by atoms with E-state index in [9.17, 15) is 0 Å². The van der Waals surface area contributed by atoms with Gasteiger partial charge in [-0.05, 0) is 36.0 Å². The Morgan fingerprint density at radius 2 is 1.88 bits per heavy atom. The van der Waals surface area contributed by atoms with Crippen molar-refractivity contribution < 1.29 is 0 Å². The highest BCUT2D eigenvalue weighted by Crippen LogP contribution is 2.57. The van der Waals surface area contributed by atoms with E-state index in [4.69, 9.17) is 23.2 Å². The highest BCUT2D eigenvalue weighted by molar-refractivity contribution is 7.16. The zero-order valence-corrected chi connectivity index (χ0v) is 11.5. The quantitative estimate of drug-likeness (QED) is 0.654. The van der Waals surface area contributed by atoms with Crippen LogP contribution in [0.15, 0.2) is 42.5 Å². The number of hydrogen-bond acceptors (Lipinski definition) is 1. The molecular formula is C14H12Cl2S. The lowest BCUT2D eigenvalue weighted by Crippen LogP contribution is -1.91. The second-order valence-corrected chi connectivity index (χ2v) is 6.68. The summed E-state index contributed by atoms with van der Waals surface area (Å²) in [6.45, 7) is 0. The maximum absolute atomic E-state index is 6.51. The van der Waals surface area contributed by atoms with Crippen LogP contribution in [0.25, 0.3) is 0 Å². The lowest BCUT2D eigenvalue weighted by molar-refractivity contribution is 0.776. The van der Waals surface area contributed by atoms with Gasteiger partial charge in [-0.3, -0.25) is 0 Å². The van der Waals surface area contributed by atoms with Crippen LogP contribution in [0.4, 0.5) is 0 Å². The summed E-state index contributed by atoms with van der Waals surface area (Å²) in [4.78, 5) is 1.19. The second-order valence-electron chi connectivity index (χ2n) is 4.46. The number of alkyl halides is 1. The summed E-state index contributed by atoms with van der Waals surface area (Å²) in [5.74, 6) is 1.19. The van der Waals surface area contributed by atoms with Crippen LogP contribution in [0.1, 0.15) is 28.2 Å². The molecule has 0 aliphatic heterocycles. The van der Waals surface area contributed by atoms with E-state index in [1.165, 1.54) is 16.9 Å². The Bertz CT molecular complexity index is 506.